The SMILES string of the molecule is CCOC(=O)c1cc(-c2ccc(N(C)C3CCOCC3)nc2)c(C(=N)C(C)C)c(Nc2cccc(N3CCOCC3)c2)n1. The van der Waals surface area contributed by atoms with E-state index in [0.29, 0.717) is 41.9 Å². The van der Waals surface area contributed by atoms with Gasteiger partial charge in [0.05, 0.1) is 19.8 Å². The Bertz CT molecular complexity index is 1420. The number of anilines is 4. The molecule has 0 atom stereocenters. The average Bonchev–Trinajstić information content (AvgIpc) is 3.05. The summed E-state index contributed by atoms with van der Waals surface area (Å²) in [6.07, 6.45) is 3.74. The third-order valence-corrected chi connectivity index (χ3v) is 7.99. The maximum atomic E-state index is 13.0. The van der Waals surface area contributed by atoms with Gasteiger partial charge in [-0.1, -0.05) is 19.9 Å². The van der Waals surface area contributed by atoms with Crippen LogP contribution in [0.3, 0.4) is 0 Å². The molecule has 0 spiro atoms. The summed E-state index contributed by atoms with van der Waals surface area (Å²) in [5.74, 6) is 0.706. The van der Waals surface area contributed by atoms with Crippen LogP contribution in [0.5, 0.6) is 0 Å². The summed E-state index contributed by atoms with van der Waals surface area (Å²) in [5.41, 5.74) is 4.60. The maximum Gasteiger partial charge on any atom is 0.357 e. The number of rotatable bonds is 10. The standard InChI is InChI=1S/C33H42N6O4/c1-5-43-33(40)28-20-27(23-9-10-29(35-21-23)38(4)25-11-15-41-16-12-25)30(31(34)22(2)3)32(37-28)36-24-7-6-8-26(19-24)39-13-17-42-18-14-39/h6-10,19-22,25,34H,5,11-18H2,1-4H3,(H,36,37). The summed E-state index contributed by atoms with van der Waals surface area (Å²) >= 11 is 0. The third kappa shape index (κ3) is 7.14. The monoisotopic (exact) mass is 586 g/mol. The van der Waals surface area contributed by atoms with Gasteiger partial charge in [0.25, 0.3) is 0 Å². The van der Waals surface area contributed by atoms with Crippen molar-refractivity contribution in [3.05, 3.63) is 59.9 Å². The molecule has 10 nitrogen and oxygen atoms in total. The van der Waals surface area contributed by atoms with E-state index < -0.39 is 5.97 Å². The highest BCUT2D eigenvalue weighted by molar-refractivity contribution is 6.10. The Labute approximate surface area is 253 Å². The van der Waals surface area contributed by atoms with E-state index in [2.05, 4.69) is 34.3 Å². The topological polar surface area (TPSA) is 113 Å². The fourth-order valence-electron chi connectivity index (χ4n) is 5.49. The molecule has 0 radical (unpaired) electrons. The Hall–Kier alpha value is -4.02. The molecule has 5 rings (SSSR count). The zero-order valence-corrected chi connectivity index (χ0v) is 25.6. The van der Waals surface area contributed by atoms with Crippen LogP contribution in [-0.4, -0.2) is 80.9 Å². The second-order valence-corrected chi connectivity index (χ2v) is 11.2. The number of pyridine rings is 2. The summed E-state index contributed by atoms with van der Waals surface area (Å²) in [6.45, 7) is 10.5. The lowest BCUT2D eigenvalue weighted by Crippen LogP contribution is -2.37. The second-order valence-electron chi connectivity index (χ2n) is 11.2. The van der Waals surface area contributed by atoms with Crippen LogP contribution in [0.1, 0.15) is 49.7 Å². The molecule has 1 aromatic carbocycles. The van der Waals surface area contributed by atoms with Gasteiger partial charge >= 0.3 is 5.97 Å². The molecule has 3 aromatic rings. The Morgan fingerprint density at radius 3 is 2.53 bits per heavy atom. The minimum Gasteiger partial charge on any atom is -0.461 e. The third-order valence-electron chi connectivity index (χ3n) is 7.99. The van der Waals surface area contributed by atoms with Gasteiger partial charge in [-0.05, 0) is 67.6 Å². The van der Waals surface area contributed by atoms with Gasteiger partial charge in [0.15, 0.2) is 5.69 Å². The van der Waals surface area contributed by atoms with Crippen molar-refractivity contribution in [2.75, 3.05) is 68.3 Å². The van der Waals surface area contributed by atoms with Crippen molar-refractivity contribution in [3.63, 3.8) is 0 Å². The molecular formula is C33H42N6O4. The molecule has 0 saturated carbocycles. The van der Waals surface area contributed by atoms with E-state index in [1.807, 2.05) is 44.3 Å². The number of hydrogen-bond donors (Lipinski definition) is 2. The van der Waals surface area contributed by atoms with Crippen molar-refractivity contribution in [2.45, 2.75) is 39.7 Å². The number of aromatic nitrogens is 2. The molecule has 0 aliphatic carbocycles. The van der Waals surface area contributed by atoms with Crippen LogP contribution >= 0.6 is 0 Å². The van der Waals surface area contributed by atoms with Gasteiger partial charge in [-0.3, -0.25) is 0 Å². The van der Waals surface area contributed by atoms with E-state index in [4.69, 9.17) is 29.6 Å². The lowest BCUT2D eigenvalue weighted by atomic mass is 9.92. The van der Waals surface area contributed by atoms with Crippen molar-refractivity contribution in [2.24, 2.45) is 5.92 Å². The zero-order valence-electron chi connectivity index (χ0n) is 25.6. The van der Waals surface area contributed by atoms with E-state index >= 15 is 0 Å². The van der Waals surface area contributed by atoms with E-state index in [-0.39, 0.29) is 18.2 Å². The van der Waals surface area contributed by atoms with E-state index in [0.717, 1.165) is 61.9 Å². The largest absolute Gasteiger partial charge is 0.461 e. The smallest absolute Gasteiger partial charge is 0.357 e. The Morgan fingerprint density at radius 1 is 1.12 bits per heavy atom. The van der Waals surface area contributed by atoms with Gasteiger partial charge in [0.2, 0.25) is 0 Å². The molecule has 43 heavy (non-hydrogen) atoms. The van der Waals surface area contributed by atoms with Gasteiger partial charge in [-0.25, -0.2) is 14.8 Å². The maximum absolute atomic E-state index is 13.0. The number of benzene rings is 1. The fourth-order valence-corrected chi connectivity index (χ4v) is 5.49. The first-order valence-electron chi connectivity index (χ1n) is 15.1. The number of carbonyl (C=O) groups excluding carboxylic acids is 1. The quantitative estimate of drug-likeness (QED) is 0.234. The number of nitrogens with one attached hydrogen (secondary N) is 2. The minimum absolute atomic E-state index is 0.0823. The van der Waals surface area contributed by atoms with Gasteiger partial charge in [0, 0.05) is 73.8 Å². The first kappa shape index (κ1) is 30.4. The van der Waals surface area contributed by atoms with E-state index in [1.54, 1.807) is 13.0 Å². The van der Waals surface area contributed by atoms with Crippen LogP contribution in [-0.2, 0) is 14.2 Å². The molecule has 0 unspecified atom stereocenters. The first-order chi connectivity index (χ1) is 20.9. The highest BCUT2D eigenvalue weighted by atomic mass is 16.5. The number of esters is 1. The van der Waals surface area contributed by atoms with Crippen molar-refractivity contribution in [1.29, 1.82) is 5.41 Å². The van der Waals surface area contributed by atoms with Crippen LogP contribution in [0, 0.1) is 11.3 Å². The molecule has 10 heteroatoms. The van der Waals surface area contributed by atoms with Crippen molar-refractivity contribution in [1.82, 2.24) is 9.97 Å². The summed E-state index contributed by atoms with van der Waals surface area (Å²) < 4.78 is 16.4. The molecule has 2 N–H and O–H groups in total. The summed E-state index contributed by atoms with van der Waals surface area (Å²) in [5, 5.41) is 12.6. The van der Waals surface area contributed by atoms with E-state index in [1.165, 1.54) is 0 Å². The lowest BCUT2D eigenvalue weighted by Gasteiger charge is -2.32. The van der Waals surface area contributed by atoms with Crippen LogP contribution in [0.25, 0.3) is 11.1 Å². The van der Waals surface area contributed by atoms with Crippen LogP contribution in [0.15, 0.2) is 48.7 Å². The molecule has 2 aromatic heterocycles. The van der Waals surface area contributed by atoms with Crippen LogP contribution in [0.2, 0.25) is 0 Å². The Morgan fingerprint density at radius 2 is 1.86 bits per heavy atom. The molecule has 0 amide bonds. The molecular weight excluding hydrogens is 544 g/mol. The van der Waals surface area contributed by atoms with Crippen molar-refractivity contribution >= 4 is 34.7 Å². The highest BCUT2D eigenvalue weighted by Crippen LogP contribution is 2.34. The fraction of sp³-hybridized carbons (Fsp3) is 0.455. The summed E-state index contributed by atoms with van der Waals surface area (Å²) in [6, 6.07) is 14.2. The van der Waals surface area contributed by atoms with Gasteiger partial charge in [-0.2, -0.15) is 0 Å². The zero-order chi connectivity index (χ0) is 30.3. The molecule has 2 fully saturated rings. The molecule has 2 aliphatic heterocycles. The number of nitrogens with zero attached hydrogens (tertiary/aromatic N) is 4. The molecule has 2 aliphatic rings. The Kier molecular flexibility index (Phi) is 9.89. The summed E-state index contributed by atoms with van der Waals surface area (Å²) in [7, 11) is 2.07. The lowest BCUT2D eigenvalue weighted by molar-refractivity contribution is 0.0519. The Balaban J connectivity index is 1.56. The summed E-state index contributed by atoms with van der Waals surface area (Å²) in [4.78, 5) is 27.0. The number of hydrogen-bond acceptors (Lipinski definition) is 10. The number of morpholine rings is 1. The molecule has 2 saturated heterocycles. The molecule has 4 heterocycles. The first-order valence-corrected chi connectivity index (χ1v) is 15.1. The van der Waals surface area contributed by atoms with E-state index in [9.17, 15) is 4.79 Å². The average molecular weight is 587 g/mol. The predicted octanol–water partition coefficient (Wildman–Crippen LogP) is 5.54. The minimum atomic E-state index is -0.514. The normalized spacial score (nSPS) is 15.8. The second kappa shape index (κ2) is 14.0. The molecule has 0 bridgehead atoms. The number of ether oxygens (including phenoxy) is 3. The molecule has 228 valence electrons. The van der Waals surface area contributed by atoms with Gasteiger partial charge < -0.3 is 34.7 Å². The highest BCUT2D eigenvalue weighted by Gasteiger charge is 2.25. The van der Waals surface area contributed by atoms with Crippen LogP contribution < -0.4 is 15.1 Å². The van der Waals surface area contributed by atoms with Crippen molar-refractivity contribution in [3.8, 4) is 11.1 Å². The van der Waals surface area contributed by atoms with Gasteiger partial charge in [0.1, 0.15) is 11.6 Å². The predicted molar refractivity (Wildman–Crippen MR) is 170 cm³/mol. The van der Waals surface area contributed by atoms with Crippen molar-refractivity contribution < 1.29 is 19.0 Å². The number of carbonyl (C=O) groups is 1. The van der Waals surface area contributed by atoms with Crippen LogP contribution in [0.4, 0.5) is 23.0 Å². The van der Waals surface area contributed by atoms with Gasteiger partial charge in [-0.15, -0.1) is 0 Å².